The minimum Gasteiger partial charge on any atom is -0.443 e. The summed E-state index contributed by atoms with van der Waals surface area (Å²) < 4.78 is 13.3. The van der Waals surface area contributed by atoms with Crippen LogP contribution in [0.2, 0.25) is 0 Å². The fraction of sp³-hybridized carbons (Fsp3) is 0.750. The number of rotatable bonds is 6. The van der Waals surface area contributed by atoms with Gasteiger partial charge in [0.15, 0.2) is 0 Å². The van der Waals surface area contributed by atoms with Crippen LogP contribution in [0.3, 0.4) is 0 Å². The van der Waals surface area contributed by atoms with Crippen LogP contribution in [0.1, 0.15) is 13.8 Å². The molecule has 0 saturated carbocycles. The van der Waals surface area contributed by atoms with Crippen molar-refractivity contribution in [2.45, 2.75) is 17.6 Å². The van der Waals surface area contributed by atoms with Crippen molar-refractivity contribution in [2.75, 3.05) is 19.8 Å². The Bertz CT molecular complexity index is 254. The van der Waals surface area contributed by atoms with E-state index in [2.05, 4.69) is 9.73 Å². The lowest BCUT2D eigenvalue weighted by atomic mass is 10.8. The highest BCUT2D eigenvalue weighted by Gasteiger charge is 2.22. The van der Waals surface area contributed by atoms with Gasteiger partial charge in [0.05, 0.1) is 19.2 Å². The van der Waals surface area contributed by atoms with Crippen LogP contribution in [0, 0.1) is 0 Å². The van der Waals surface area contributed by atoms with Gasteiger partial charge in [0.25, 0.3) is 0 Å². The Hall–Kier alpha value is 0.360. The number of aliphatic imine (C=N–C) groups is 1. The van der Waals surface area contributed by atoms with Gasteiger partial charge in [0, 0.05) is 0 Å². The standard InChI is InChI=1S/C8H13Cl3NO4P/c1-3-15-17(16-4-2)6-12-7(13)14-5-8(9,10)11/h6H,3-5H2,1-2H3/b12-6+. The normalized spacial score (nSPS) is 12.4. The first-order valence-electron chi connectivity index (χ1n) is 4.71. The van der Waals surface area contributed by atoms with E-state index in [9.17, 15) is 4.79 Å². The summed E-state index contributed by atoms with van der Waals surface area (Å²) >= 11 is 16.2. The Morgan fingerprint density at radius 1 is 1.29 bits per heavy atom. The third-order valence-electron chi connectivity index (χ3n) is 1.13. The van der Waals surface area contributed by atoms with Crippen molar-refractivity contribution in [1.82, 2.24) is 0 Å². The molecule has 0 N–H and O–H groups in total. The maximum atomic E-state index is 11.1. The molecule has 0 saturated heterocycles. The molecular weight excluding hydrogens is 311 g/mol. The molecule has 0 fully saturated rings. The van der Waals surface area contributed by atoms with E-state index < -0.39 is 18.3 Å². The second kappa shape index (κ2) is 9.31. The number of ether oxygens (including phenoxy) is 1. The van der Waals surface area contributed by atoms with Gasteiger partial charge in [-0.25, -0.2) is 4.79 Å². The van der Waals surface area contributed by atoms with E-state index in [-0.39, 0.29) is 6.61 Å². The van der Waals surface area contributed by atoms with E-state index >= 15 is 0 Å². The largest absolute Gasteiger partial charge is 0.443 e. The van der Waals surface area contributed by atoms with Crippen molar-refractivity contribution in [2.24, 2.45) is 4.99 Å². The van der Waals surface area contributed by atoms with Gasteiger partial charge < -0.3 is 13.8 Å². The maximum Gasteiger partial charge on any atom is 0.433 e. The predicted molar refractivity (Wildman–Crippen MR) is 70.3 cm³/mol. The molecule has 0 unspecified atom stereocenters. The highest BCUT2D eigenvalue weighted by molar-refractivity contribution is 7.63. The van der Waals surface area contributed by atoms with Crippen LogP contribution in [0.4, 0.5) is 4.79 Å². The molecule has 17 heavy (non-hydrogen) atoms. The summed E-state index contributed by atoms with van der Waals surface area (Å²) in [5.41, 5.74) is 0. The fourth-order valence-electron chi connectivity index (χ4n) is 0.634. The van der Waals surface area contributed by atoms with Gasteiger partial charge in [-0.05, 0) is 13.8 Å². The molecule has 0 radical (unpaired) electrons. The first-order valence-corrected chi connectivity index (χ1v) is 7.09. The molecule has 0 aliphatic carbocycles. The van der Waals surface area contributed by atoms with Crippen LogP contribution in [-0.2, 0) is 13.8 Å². The number of alkyl halides is 3. The summed E-state index contributed by atoms with van der Waals surface area (Å²) in [4.78, 5) is 14.6. The SMILES string of the molecule is CCOP(/C=N/C(=O)OCC(Cl)(Cl)Cl)OCC. The molecule has 0 spiro atoms. The number of amides is 1. The van der Waals surface area contributed by atoms with Gasteiger partial charge in [-0.3, -0.25) is 0 Å². The number of carbonyl (C=O) groups excluding carboxylic acids is 1. The van der Waals surface area contributed by atoms with Crippen LogP contribution in [0.15, 0.2) is 4.99 Å². The minimum atomic E-state index is -1.64. The molecule has 0 rings (SSSR count). The molecule has 0 aromatic rings. The first-order chi connectivity index (χ1) is 7.89. The zero-order chi connectivity index (χ0) is 13.3. The maximum absolute atomic E-state index is 11.1. The molecule has 0 aromatic heterocycles. The molecule has 0 heterocycles. The molecule has 5 nitrogen and oxygen atoms in total. The van der Waals surface area contributed by atoms with Crippen LogP contribution in [0.5, 0.6) is 0 Å². The molecule has 0 atom stereocenters. The van der Waals surface area contributed by atoms with Crippen molar-refractivity contribution in [3.05, 3.63) is 0 Å². The molecule has 9 heteroatoms. The van der Waals surface area contributed by atoms with Crippen LogP contribution < -0.4 is 0 Å². The second-order valence-corrected chi connectivity index (χ2v) is 6.37. The fourth-order valence-corrected chi connectivity index (χ4v) is 1.70. The van der Waals surface area contributed by atoms with Crippen molar-refractivity contribution in [3.63, 3.8) is 0 Å². The van der Waals surface area contributed by atoms with Gasteiger partial charge in [0.2, 0.25) is 12.2 Å². The van der Waals surface area contributed by atoms with Gasteiger partial charge in [-0.1, -0.05) is 34.8 Å². The van der Waals surface area contributed by atoms with E-state index in [0.717, 1.165) is 0 Å². The van der Waals surface area contributed by atoms with Crippen LogP contribution in [-0.4, -0.2) is 35.7 Å². The molecule has 1 amide bonds. The van der Waals surface area contributed by atoms with Gasteiger partial charge in [0.1, 0.15) is 6.61 Å². The molecule has 0 aromatic carbocycles. The Morgan fingerprint density at radius 3 is 2.24 bits per heavy atom. The molecule has 0 aliphatic rings. The minimum absolute atomic E-state index is 0.366. The van der Waals surface area contributed by atoms with E-state index in [1.807, 2.05) is 13.8 Å². The van der Waals surface area contributed by atoms with E-state index in [1.165, 1.54) is 5.96 Å². The van der Waals surface area contributed by atoms with Crippen molar-refractivity contribution >= 4 is 55.2 Å². The average Bonchev–Trinajstić information content (AvgIpc) is 2.23. The number of nitrogens with zero attached hydrogens (tertiary/aromatic N) is 1. The Balaban J connectivity index is 4.06. The van der Waals surface area contributed by atoms with Crippen LogP contribution >= 0.6 is 43.2 Å². The monoisotopic (exact) mass is 323 g/mol. The lowest BCUT2D eigenvalue weighted by molar-refractivity contribution is 0.159. The summed E-state index contributed by atoms with van der Waals surface area (Å²) in [5, 5.41) is 0. The highest BCUT2D eigenvalue weighted by atomic mass is 35.6. The third-order valence-corrected chi connectivity index (χ3v) is 2.79. The highest BCUT2D eigenvalue weighted by Crippen LogP contribution is 2.34. The topological polar surface area (TPSA) is 57.1 Å². The van der Waals surface area contributed by atoms with Crippen LogP contribution in [0.25, 0.3) is 0 Å². The Kier molecular flexibility index (Phi) is 9.51. The van der Waals surface area contributed by atoms with Gasteiger partial charge in [-0.15, -0.1) is 0 Å². The zero-order valence-corrected chi connectivity index (χ0v) is 12.5. The third kappa shape index (κ3) is 11.2. The second-order valence-electron chi connectivity index (χ2n) is 2.54. The number of halogens is 3. The van der Waals surface area contributed by atoms with Crippen molar-refractivity contribution < 1.29 is 18.6 Å². The molecule has 0 bridgehead atoms. The lowest BCUT2D eigenvalue weighted by Gasteiger charge is -2.11. The Morgan fingerprint density at radius 2 is 1.82 bits per heavy atom. The number of carbonyl (C=O) groups is 1. The predicted octanol–water partition coefficient (Wildman–Crippen LogP) is 3.91. The van der Waals surface area contributed by atoms with Gasteiger partial charge in [-0.2, -0.15) is 4.99 Å². The summed E-state index contributed by atoms with van der Waals surface area (Å²) in [7, 11) is -1.32. The lowest BCUT2D eigenvalue weighted by Crippen LogP contribution is -2.15. The molecule has 0 aliphatic heterocycles. The van der Waals surface area contributed by atoms with E-state index in [0.29, 0.717) is 13.2 Å². The molecular formula is C8H13Cl3NO4P. The average molecular weight is 325 g/mol. The summed E-state index contributed by atoms with van der Waals surface area (Å²) in [5.74, 6) is 1.25. The van der Waals surface area contributed by atoms with E-state index in [4.69, 9.17) is 43.9 Å². The van der Waals surface area contributed by atoms with Gasteiger partial charge >= 0.3 is 6.09 Å². The van der Waals surface area contributed by atoms with E-state index in [1.54, 1.807) is 0 Å². The van der Waals surface area contributed by atoms with Crippen molar-refractivity contribution in [1.29, 1.82) is 0 Å². The summed E-state index contributed by atoms with van der Waals surface area (Å²) in [6, 6.07) is 0. The summed E-state index contributed by atoms with van der Waals surface area (Å²) in [6.07, 6.45) is -0.858. The number of hydrogen-bond donors (Lipinski definition) is 0. The van der Waals surface area contributed by atoms with Crippen molar-refractivity contribution in [3.8, 4) is 0 Å². The smallest absolute Gasteiger partial charge is 0.433 e. The quantitative estimate of drug-likeness (QED) is 0.422. The summed E-state index contributed by atoms with van der Waals surface area (Å²) in [6.45, 7) is 4.17. The Labute approximate surface area is 116 Å². The number of hydrogen-bond acceptors (Lipinski definition) is 4. The molecule has 100 valence electrons. The zero-order valence-electron chi connectivity index (χ0n) is 9.36. The first kappa shape index (κ1) is 17.4.